The number of aromatic nitrogens is 3. The van der Waals surface area contributed by atoms with Crippen molar-refractivity contribution >= 4 is 27.3 Å². The predicted octanol–water partition coefficient (Wildman–Crippen LogP) is 8.17. The number of hydrogen-bond donors (Lipinski definition) is 0. The number of halogens is 5. The number of benzene rings is 2. The molecule has 0 N–H and O–H groups in total. The van der Waals surface area contributed by atoms with Crippen LogP contribution in [0.1, 0.15) is 24.5 Å². The number of hydrogen-bond acceptors (Lipinski definition) is 5. The normalized spacial score (nSPS) is 12.5. The first-order chi connectivity index (χ1) is 19.6. The number of fused-ring (bicyclic) bond motifs is 1. The van der Waals surface area contributed by atoms with Gasteiger partial charge in [-0.3, -0.25) is 9.78 Å². The van der Waals surface area contributed by atoms with Gasteiger partial charge in [-0.05, 0) is 54.8 Å². The molecule has 212 valence electrons. The van der Waals surface area contributed by atoms with Gasteiger partial charge in [0.1, 0.15) is 17.3 Å². The molecule has 5 rings (SSSR count). The van der Waals surface area contributed by atoms with Crippen LogP contribution in [0.15, 0.2) is 73.3 Å². The second-order valence-corrected chi connectivity index (χ2v) is 10.6. The molecule has 0 fully saturated rings. The highest BCUT2D eigenvalue weighted by atomic mass is 32.1. The van der Waals surface area contributed by atoms with Gasteiger partial charge in [0, 0.05) is 37.8 Å². The number of alkyl halides is 3. The number of Topliss-reactive ketones (excluding diaryl/α,β-unsaturated/α-hetero) is 1. The number of ketones is 1. The Hall–Kier alpha value is -4.12. The number of nitrogens with zero attached hydrogens (tertiary/aromatic N) is 3. The molecule has 1 atom stereocenters. The van der Waals surface area contributed by atoms with Crippen LogP contribution in [0, 0.1) is 17.6 Å². The van der Waals surface area contributed by atoms with E-state index in [1.54, 1.807) is 18.6 Å². The van der Waals surface area contributed by atoms with Crippen LogP contribution in [0.4, 0.5) is 22.0 Å². The maximum Gasteiger partial charge on any atom is 0.392 e. The first-order valence-electron chi connectivity index (χ1n) is 12.8. The Morgan fingerprint density at radius 2 is 1.76 bits per heavy atom. The summed E-state index contributed by atoms with van der Waals surface area (Å²) in [6, 6.07) is 12.1. The Morgan fingerprint density at radius 1 is 1.00 bits per heavy atom. The number of ether oxygens (including phenoxy) is 1. The first kappa shape index (κ1) is 28.4. The van der Waals surface area contributed by atoms with E-state index < -0.39 is 42.4 Å². The van der Waals surface area contributed by atoms with Crippen LogP contribution in [0.25, 0.3) is 20.8 Å². The Balaban J connectivity index is 1.28. The minimum Gasteiger partial charge on any atom is -0.453 e. The summed E-state index contributed by atoms with van der Waals surface area (Å²) in [6.07, 6.45) is -1.01. The SMILES string of the molecule is CCn1cnc(-c2cc3nccc(Oc4ccc(CC(=O)CC(Cc5ccc(F)cc5)C(F)(F)F)cc4F)c3s2)c1. The summed E-state index contributed by atoms with van der Waals surface area (Å²) in [5.41, 5.74) is 1.95. The van der Waals surface area contributed by atoms with E-state index in [0.29, 0.717) is 16.0 Å². The third kappa shape index (κ3) is 6.79. The molecular formula is C30H24F5N3O2S. The Morgan fingerprint density at radius 3 is 2.44 bits per heavy atom. The fourth-order valence-corrected chi connectivity index (χ4v) is 5.45. The molecule has 0 saturated heterocycles. The predicted molar refractivity (Wildman–Crippen MR) is 146 cm³/mol. The van der Waals surface area contributed by atoms with Crippen molar-refractivity contribution in [1.29, 1.82) is 0 Å². The summed E-state index contributed by atoms with van der Waals surface area (Å²) in [6.45, 7) is 2.79. The molecule has 0 aliphatic heterocycles. The summed E-state index contributed by atoms with van der Waals surface area (Å²) >= 11 is 1.41. The molecule has 11 heteroatoms. The van der Waals surface area contributed by atoms with Crippen molar-refractivity contribution in [2.45, 2.75) is 38.9 Å². The molecule has 3 heterocycles. The highest BCUT2D eigenvalue weighted by molar-refractivity contribution is 7.22. The molecule has 5 aromatic rings. The van der Waals surface area contributed by atoms with E-state index in [1.807, 2.05) is 23.8 Å². The second-order valence-electron chi connectivity index (χ2n) is 9.58. The van der Waals surface area contributed by atoms with Gasteiger partial charge in [0.25, 0.3) is 0 Å². The average Bonchev–Trinajstić information content (AvgIpc) is 3.58. The number of thiophene rings is 1. The molecule has 0 saturated carbocycles. The number of pyridine rings is 1. The fourth-order valence-electron chi connectivity index (χ4n) is 4.42. The van der Waals surface area contributed by atoms with E-state index in [4.69, 9.17) is 4.74 Å². The second kappa shape index (κ2) is 11.8. The van der Waals surface area contributed by atoms with Crippen LogP contribution in [-0.2, 0) is 24.2 Å². The van der Waals surface area contributed by atoms with E-state index in [0.717, 1.165) is 35.3 Å². The molecule has 1 unspecified atom stereocenters. The third-order valence-corrected chi connectivity index (χ3v) is 7.74. The summed E-state index contributed by atoms with van der Waals surface area (Å²) in [7, 11) is 0. The summed E-state index contributed by atoms with van der Waals surface area (Å²) in [4.78, 5) is 22.2. The average molecular weight is 586 g/mol. The van der Waals surface area contributed by atoms with Gasteiger partial charge in [-0.25, -0.2) is 13.8 Å². The molecule has 41 heavy (non-hydrogen) atoms. The Kier molecular flexibility index (Phi) is 8.16. The Labute approximate surface area is 236 Å². The lowest BCUT2D eigenvalue weighted by atomic mass is 9.92. The largest absolute Gasteiger partial charge is 0.453 e. The Bertz CT molecular complexity index is 1680. The number of carbonyl (C=O) groups is 1. The van der Waals surface area contributed by atoms with Crippen LogP contribution in [0.5, 0.6) is 11.5 Å². The zero-order valence-corrected chi connectivity index (χ0v) is 22.6. The molecule has 0 spiro atoms. The third-order valence-electron chi connectivity index (χ3n) is 6.58. The van der Waals surface area contributed by atoms with Crippen molar-refractivity contribution in [3.8, 4) is 22.1 Å². The minimum atomic E-state index is -4.62. The lowest BCUT2D eigenvalue weighted by Crippen LogP contribution is -2.28. The van der Waals surface area contributed by atoms with Gasteiger partial charge in [0.05, 0.1) is 33.0 Å². The number of aryl methyl sites for hydroxylation is 1. The summed E-state index contributed by atoms with van der Waals surface area (Å²) in [5.74, 6) is -3.64. The van der Waals surface area contributed by atoms with Crippen molar-refractivity contribution in [3.63, 3.8) is 0 Å². The van der Waals surface area contributed by atoms with Crippen LogP contribution in [-0.4, -0.2) is 26.5 Å². The van der Waals surface area contributed by atoms with E-state index in [1.165, 1.54) is 35.6 Å². The molecule has 0 bridgehead atoms. The number of carbonyl (C=O) groups excluding carboxylic acids is 1. The van der Waals surface area contributed by atoms with Crippen LogP contribution in [0.2, 0.25) is 0 Å². The van der Waals surface area contributed by atoms with E-state index in [2.05, 4.69) is 9.97 Å². The topological polar surface area (TPSA) is 57.0 Å². The van der Waals surface area contributed by atoms with Gasteiger partial charge in [-0.2, -0.15) is 13.2 Å². The lowest BCUT2D eigenvalue weighted by molar-refractivity contribution is -0.178. The van der Waals surface area contributed by atoms with Crippen molar-refractivity contribution in [2.24, 2.45) is 5.92 Å². The maximum atomic E-state index is 15.0. The van der Waals surface area contributed by atoms with Crippen molar-refractivity contribution < 1.29 is 31.5 Å². The summed E-state index contributed by atoms with van der Waals surface area (Å²) in [5, 5.41) is 0. The van der Waals surface area contributed by atoms with Crippen molar-refractivity contribution in [2.75, 3.05) is 0 Å². The van der Waals surface area contributed by atoms with Crippen molar-refractivity contribution in [3.05, 3.63) is 96.1 Å². The molecule has 0 radical (unpaired) electrons. The molecule has 5 nitrogen and oxygen atoms in total. The fraction of sp³-hybridized carbons (Fsp3) is 0.233. The monoisotopic (exact) mass is 585 g/mol. The summed E-state index contributed by atoms with van der Waals surface area (Å²) < 4.78 is 77.5. The number of imidazole rings is 1. The molecular weight excluding hydrogens is 561 g/mol. The number of rotatable bonds is 10. The zero-order chi connectivity index (χ0) is 29.1. The molecule has 0 amide bonds. The molecule has 2 aromatic carbocycles. The van der Waals surface area contributed by atoms with Crippen molar-refractivity contribution in [1.82, 2.24) is 14.5 Å². The molecule has 3 aromatic heterocycles. The van der Waals surface area contributed by atoms with E-state index in [-0.39, 0.29) is 23.3 Å². The highest BCUT2D eigenvalue weighted by Crippen LogP contribution is 2.39. The van der Waals surface area contributed by atoms with E-state index in [9.17, 15) is 26.7 Å². The van der Waals surface area contributed by atoms with Gasteiger partial charge in [-0.15, -0.1) is 11.3 Å². The highest BCUT2D eigenvalue weighted by Gasteiger charge is 2.40. The van der Waals surface area contributed by atoms with Crippen LogP contribution in [0.3, 0.4) is 0 Å². The molecule has 0 aliphatic rings. The maximum absolute atomic E-state index is 15.0. The standard InChI is InChI=1S/C30H24F5N3O2S/c1-2-38-16-25(37-17-38)28-15-24-29(41-28)27(9-10-36-24)40-26-8-5-19(13-23(26)32)12-22(39)14-20(30(33,34)35)11-18-3-6-21(31)7-4-18/h3-10,13,15-17,20H,2,11-12,14H2,1H3. The smallest absolute Gasteiger partial charge is 0.392 e. The van der Waals surface area contributed by atoms with Gasteiger partial charge in [-0.1, -0.05) is 18.2 Å². The molecule has 0 aliphatic carbocycles. The quantitative estimate of drug-likeness (QED) is 0.155. The van der Waals surface area contributed by atoms with Gasteiger partial charge in [0.2, 0.25) is 0 Å². The van der Waals surface area contributed by atoms with Gasteiger partial charge < -0.3 is 9.30 Å². The van der Waals surface area contributed by atoms with Crippen LogP contribution < -0.4 is 4.74 Å². The van der Waals surface area contributed by atoms with Crippen LogP contribution >= 0.6 is 11.3 Å². The minimum absolute atomic E-state index is 0.0941. The van der Waals surface area contributed by atoms with Gasteiger partial charge in [0.15, 0.2) is 11.6 Å². The first-order valence-corrected chi connectivity index (χ1v) is 13.6. The lowest BCUT2D eigenvalue weighted by Gasteiger charge is -2.20. The van der Waals surface area contributed by atoms with E-state index >= 15 is 0 Å². The zero-order valence-electron chi connectivity index (χ0n) is 21.8. The van der Waals surface area contributed by atoms with Gasteiger partial charge >= 0.3 is 6.18 Å².